The third kappa shape index (κ3) is 2.42. The van der Waals surface area contributed by atoms with Gasteiger partial charge in [0.2, 0.25) is 0 Å². The van der Waals surface area contributed by atoms with E-state index < -0.39 is 0 Å². The van der Waals surface area contributed by atoms with Gasteiger partial charge in [-0.05, 0) is 22.4 Å². The van der Waals surface area contributed by atoms with Crippen LogP contribution < -0.4 is 0 Å². The summed E-state index contributed by atoms with van der Waals surface area (Å²) < 4.78 is 0.749. The highest BCUT2D eigenvalue weighted by Gasteiger charge is 2.00. The molecule has 60 valence electrons. The zero-order chi connectivity index (χ0) is 8.27. The van der Waals surface area contributed by atoms with Crippen LogP contribution in [-0.4, -0.2) is 9.97 Å². The zero-order valence-electron chi connectivity index (χ0n) is 6.14. The second-order valence-corrected chi connectivity index (χ2v) is 3.39. The molecule has 0 fully saturated rings. The standard InChI is InChI=1S/C7H8BrClN2/c1-2-3-6-10-4-5(8)7(9)11-6/h4H,2-3H2,1H3. The van der Waals surface area contributed by atoms with E-state index in [2.05, 4.69) is 32.8 Å². The molecule has 0 aromatic carbocycles. The molecule has 4 heteroatoms. The number of halogens is 2. The van der Waals surface area contributed by atoms with E-state index in [1.807, 2.05) is 0 Å². The van der Waals surface area contributed by atoms with Crippen molar-refractivity contribution in [2.24, 2.45) is 0 Å². The Morgan fingerprint density at radius 2 is 2.36 bits per heavy atom. The number of hydrogen-bond donors (Lipinski definition) is 0. The molecular weight excluding hydrogens is 227 g/mol. The van der Waals surface area contributed by atoms with Crippen LogP contribution in [0.3, 0.4) is 0 Å². The normalized spacial score (nSPS) is 10.1. The van der Waals surface area contributed by atoms with Gasteiger partial charge in [0.1, 0.15) is 11.0 Å². The topological polar surface area (TPSA) is 25.8 Å². The molecule has 0 saturated heterocycles. The van der Waals surface area contributed by atoms with E-state index in [0.29, 0.717) is 5.15 Å². The summed E-state index contributed by atoms with van der Waals surface area (Å²) in [6.45, 7) is 2.08. The van der Waals surface area contributed by atoms with Crippen LogP contribution in [0.25, 0.3) is 0 Å². The summed E-state index contributed by atoms with van der Waals surface area (Å²) in [5.74, 6) is 0.806. The maximum atomic E-state index is 5.75. The van der Waals surface area contributed by atoms with Crippen molar-refractivity contribution in [3.8, 4) is 0 Å². The molecule has 0 atom stereocenters. The smallest absolute Gasteiger partial charge is 0.146 e. The molecule has 0 aliphatic heterocycles. The van der Waals surface area contributed by atoms with Gasteiger partial charge in [-0.1, -0.05) is 18.5 Å². The lowest BCUT2D eigenvalue weighted by Gasteiger charge is -1.97. The lowest BCUT2D eigenvalue weighted by atomic mass is 10.3. The molecular formula is C7H8BrClN2. The van der Waals surface area contributed by atoms with Crippen LogP contribution >= 0.6 is 27.5 Å². The van der Waals surface area contributed by atoms with Gasteiger partial charge in [-0.15, -0.1) is 0 Å². The second-order valence-electron chi connectivity index (χ2n) is 2.17. The van der Waals surface area contributed by atoms with Gasteiger partial charge in [-0.3, -0.25) is 0 Å². The molecule has 2 nitrogen and oxygen atoms in total. The summed E-state index contributed by atoms with van der Waals surface area (Å²) in [6.07, 6.45) is 3.60. The molecule has 1 heterocycles. The molecule has 0 saturated carbocycles. The fourth-order valence-electron chi connectivity index (χ4n) is 0.724. The third-order valence-corrected chi connectivity index (χ3v) is 2.32. The molecule has 0 radical (unpaired) electrons. The Morgan fingerprint density at radius 3 is 2.91 bits per heavy atom. The fraction of sp³-hybridized carbons (Fsp3) is 0.429. The van der Waals surface area contributed by atoms with Gasteiger partial charge in [-0.2, -0.15) is 0 Å². The van der Waals surface area contributed by atoms with Crippen molar-refractivity contribution >= 4 is 27.5 Å². The van der Waals surface area contributed by atoms with Gasteiger partial charge in [0.25, 0.3) is 0 Å². The number of hydrogen-bond acceptors (Lipinski definition) is 2. The Kier molecular flexibility index (Phi) is 3.27. The van der Waals surface area contributed by atoms with Crippen LogP contribution in [-0.2, 0) is 6.42 Å². The summed E-state index contributed by atoms with van der Waals surface area (Å²) in [5, 5.41) is 0.489. The zero-order valence-corrected chi connectivity index (χ0v) is 8.48. The van der Waals surface area contributed by atoms with E-state index >= 15 is 0 Å². The summed E-state index contributed by atoms with van der Waals surface area (Å²) in [4.78, 5) is 8.16. The Balaban J connectivity index is 2.86. The summed E-state index contributed by atoms with van der Waals surface area (Å²) in [6, 6.07) is 0. The second kappa shape index (κ2) is 4.02. The summed E-state index contributed by atoms with van der Waals surface area (Å²) in [7, 11) is 0. The van der Waals surface area contributed by atoms with Crippen LogP contribution in [0.5, 0.6) is 0 Å². The van der Waals surface area contributed by atoms with Gasteiger partial charge in [0.05, 0.1) is 4.47 Å². The molecule has 0 amide bonds. The molecule has 0 unspecified atom stereocenters. The highest BCUT2D eigenvalue weighted by molar-refractivity contribution is 9.10. The molecule has 1 rings (SSSR count). The number of aromatic nitrogens is 2. The minimum atomic E-state index is 0.489. The maximum absolute atomic E-state index is 5.75. The predicted molar refractivity (Wildman–Crippen MR) is 48.7 cm³/mol. The average Bonchev–Trinajstić information content (AvgIpc) is 1.98. The monoisotopic (exact) mass is 234 g/mol. The molecule has 0 aliphatic carbocycles. The lowest BCUT2D eigenvalue weighted by molar-refractivity contribution is 0.832. The van der Waals surface area contributed by atoms with Gasteiger partial charge in [0.15, 0.2) is 0 Å². The summed E-state index contributed by atoms with van der Waals surface area (Å²) in [5.41, 5.74) is 0. The minimum absolute atomic E-state index is 0.489. The highest BCUT2D eigenvalue weighted by atomic mass is 79.9. The van der Waals surface area contributed by atoms with Crippen molar-refractivity contribution < 1.29 is 0 Å². The first-order valence-electron chi connectivity index (χ1n) is 3.41. The maximum Gasteiger partial charge on any atom is 0.146 e. The van der Waals surface area contributed by atoms with E-state index in [1.54, 1.807) is 6.20 Å². The Labute approximate surface area is 79.1 Å². The number of nitrogens with zero attached hydrogens (tertiary/aromatic N) is 2. The molecule has 11 heavy (non-hydrogen) atoms. The van der Waals surface area contributed by atoms with Gasteiger partial charge < -0.3 is 0 Å². The molecule has 1 aromatic heterocycles. The van der Waals surface area contributed by atoms with Crippen molar-refractivity contribution in [1.82, 2.24) is 9.97 Å². The Hall–Kier alpha value is -0.150. The molecule has 1 aromatic rings. The van der Waals surface area contributed by atoms with Gasteiger partial charge >= 0.3 is 0 Å². The van der Waals surface area contributed by atoms with Crippen molar-refractivity contribution in [2.45, 2.75) is 19.8 Å². The van der Waals surface area contributed by atoms with E-state index in [-0.39, 0.29) is 0 Å². The van der Waals surface area contributed by atoms with Crippen molar-refractivity contribution in [1.29, 1.82) is 0 Å². The van der Waals surface area contributed by atoms with Crippen LogP contribution in [0.1, 0.15) is 19.2 Å². The first-order valence-corrected chi connectivity index (χ1v) is 4.58. The first-order chi connectivity index (χ1) is 5.24. The largest absolute Gasteiger partial charge is 0.240 e. The van der Waals surface area contributed by atoms with E-state index in [4.69, 9.17) is 11.6 Å². The molecule has 0 bridgehead atoms. The Morgan fingerprint density at radius 1 is 1.64 bits per heavy atom. The van der Waals surface area contributed by atoms with Crippen LogP contribution in [0.2, 0.25) is 5.15 Å². The minimum Gasteiger partial charge on any atom is -0.240 e. The van der Waals surface area contributed by atoms with Crippen LogP contribution in [0.4, 0.5) is 0 Å². The Bertz CT molecular complexity index is 252. The van der Waals surface area contributed by atoms with E-state index in [9.17, 15) is 0 Å². The SMILES string of the molecule is CCCc1ncc(Br)c(Cl)n1. The average molecular weight is 236 g/mol. The van der Waals surface area contributed by atoms with Crippen molar-refractivity contribution in [3.63, 3.8) is 0 Å². The van der Waals surface area contributed by atoms with E-state index in [1.165, 1.54) is 0 Å². The predicted octanol–water partition coefficient (Wildman–Crippen LogP) is 2.85. The van der Waals surface area contributed by atoms with Crippen molar-refractivity contribution in [3.05, 3.63) is 21.6 Å². The van der Waals surface area contributed by atoms with E-state index in [0.717, 1.165) is 23.1 Å². The van der Waals surface area contributed by atoms with Gasteiger partial charge in [-0.25, -0.2) is 9.97 Å². The third-order valence-electron chi connectivity index (χ3n) is 1.22. The van der Waals surface area contributed by atoms with Crippen LogP contribution in [0.15, 0.2) is 10.7 Å². The highest BCUT2D eigenvalue weighted by Crippen LogP contribution is 2.18. The quantitative estimate of drug-likeness (QED) is 0.737. The van der Waals surface area contributed by atoms with Crippen molar-refractivity contribution in [2.75, 3.05) is 0 Å². The molecule has 0 N–H and O–H groups in total. The number of rotatable bonds is 2. The number of aryl methyl sites for hydroxylation is 1. The lowest BCUT2D eigenvalue weighted by Crippen LogP contribution is -1.93. The van der Waals surface area contributed by atoms with Crippen LogP contribution in [0, 0.1) is 0 Å². The molecule has 0 spiro atoms. The molecule has 0 aliphatic rings. The van der Waals surface area contributed by atoms with Gasteiger partial charge in [0, 0.05) is 12.6 Å². The summed E-state index contributed by atoms with van der Waals surface area (Å²) >= 11 is 8.98. The first kappa shape index (κ1) is 8.94. The fourth-order valence-corrected chi connectivity index (χ4v) is 1.06.